The number of aromatic nitrogens is 3. The van der Waals surface area contributed by atoms with E-state index in [0.29, 0.717) is 17.4 Å². The van der Waals surface area contributed by atoms with Gasteiger partial charge in [-0.05, 0) is 25.5 Å². The molecule has 1 aliphatic rings. The third-order valence-corrected chi connectivity index (χ3v) is 5.96. The maximum Gasteiger partial charge on any atom is 0.409 e. The molecule has 0 aliphatic carbocycles. The molecule has 1 unspecified atom stereocenters. The number of para-hydroxylation sites is 1. The Balaban J connectivity index is 1.77. The van der Waals surface area contributed by atoms with Gasteiger partial charge in [0.25, 0.3) is 0 Å². The van der Waals surface area contributed by atoms with E-state index in [2.05, 4.69) is 10.2 Å². The zero-order valence-corrected chi connectivity index (χ0v) is 18.3. The Morgan fingerprint density at radius 1 is 0.939 bits per heavy atom. The highest BCUT2D eigenvalue weighted by atomic mass is 16.4. The van der Waals surface area contributed by atoms with Gasteiger partial charge in [0.1, 0.15) is 5.82 Å². The first-order valence-corrected chi connectivity index (χ1v) is 10.8. The van der Waals surface area contributed by atoms with Gasteiger partial charge in [0.2, 0.25) is 0 Å². The molecule has 1 aliphatic heterocycles. The molecule has 7 heteroatoms. The Morgan fingerprint density at radius 3 is 2.27 bits per heavy atom. The number of carboxylic acid groups (broad SMARTS) is 1. The molecule has 1 N–H and O–H groups in total. The number of carbonyl (C=O) groups is 1. The monoisotopic (exact) mass is 437 g/mol. The van der Waals surface area contributed by atoms with Crippen molar-refractivity contribution < 1.29 is 9.90 Å². The van der Waals surface area contributed by atoms with E-state index in [1.165, 1.54) is 4.90 Å². The van der Waals surface area contributed by atoms with Gasteiger partial charge in [-0.3, -0.25) is 14.5 Å². The van der Waals surface area contributed by atoms with E-state index in [4.69, 9.17) is 4.99 Å². The van der Waals surface area contributed by atoms with E-state index in [-0.39, 0.29) is 0 Å². The molecule has 0 radical (unpaired) electrons. The lowest BCUT2D eigenvalue weighted by atomic mass is 10.0. The second kappa shape index (κ2) is 8.35. The van der Waals surface area contributed by atoms with E-state index in [1.807, 2.05) is 103 Å². The van der Waals surface area contributed by atoms with Crippen LogP contribution in [0.2, 0.25) is 0 Å². The molecule has 0 saturated heterocycles. The lowest BCUT2D eigenvalue weighted by Gasteiger charge is -2.31. The van der Waals surface area contributed by atoms with Gasteiger partial charge in [-0.2, -0.15) is 0 Å². The van der Waals surface area contributed by atoms with Crippen molar-refractivity contribution in [2.75, 3.05) is 0 Å². The van der Waals surface area contributed by atoms with Crippen molar-refractivity contribution >= 4 is 11.8 Å². The lowest BCUT2D eigenvalue weighted by Crippen LogP contribution is -2.36. The van der Waals surface area contributed by atoms with Crippen LogP contribution in [0.3, 0.4) is 0 Å². The summed E-state index contributed by atoms with van der Waals surface area (Å²) in [5.41, 5.74) is 4.27. The normalized spacial score (nSPS) is 15.6. The van der Waals surface area contributed by atoms with Crippen molar-refractivity contribution in [3.05, 3.63) is 113 Å². The topological polar surface area (TPSA) is 83.6 Å². The highest BCUT2D eigenvalue weighted by Crippen LogP contribution is 2.36. The quantitative estimate of drug-likeness (QED) is 0.478. The van der Waals surface area contributed by atoms with Gasteiger partial charge >= 0.3 is 6.09 Å². The average molecular weight is 438 g/mol. The molecule has 0 saturated carbocycles. The largest absolute Gasteiger partial charge is 0.465 e. The minimum Gasteiger partial charge on any atom is -0.465 e. The van der Waals surface area contributed by atoms with Crippen molar-refractivity contribution in [2.45, 2.75) is 26.1 Å². The highest BCUT2D eigenvalue weighted by Gasteiger charge is 2.37. The fourth-order valence-electron chi connectivity index (χ4n) is 4.35. The van der Waals surface area contributed by atoms with Crippen LogP contribution in [0.5, 0.6) is 0 Å². The van der Waals surface area contributed by atoms with Gasteiger partial charge in [0.15, 0.2) is 12.0 Å². The molecule has 33 heavy (non-hydrogen) atoms. The number of amides is 1. The minimum absolute atomic E-state index is 0.457. The van der Waals surface area contributed by atoms with Crippen LogP contribution >= 0.6 is 0 Å². The molecule has 4 aromatic rings. The summed E-state index contributed by atoms with van der Waals surface area (Å²) in [6.45, 7) is 3.73. The number of aryl methyl sites for hydroxylation is 1. The highest BCUT2D eigenvalue weighted by molar-refractivity contribution is 6.15. The number of hydrogen-bond donors (Lipinski definition) is 1. The minimum atomic E-state index is -1.08. The first-order chi connectivity index (χ1) is 16.1. The Bertz CT molecular complexity index is 1330. The van der Waals surface area contributed by atoms with Crippen LogP contribution in [0.15, 0.2) is 89.9 Å². The van der Waals surface area contributed by atoms with Gasteiger partial charge in [-0.1, -0.05) is 78.9 Å². The number of hydrogen-bond acceptors (Lipinski definition) is 4. The van der Waals surface area contributed by atoms with Crippen molar-refractivity contribution in [3.63, 3.8) is 0 Å². The second-order valence-corrected chi connectivity index (χ2v) is 7.95. The molecule has 1 amide bonds. The third kappa shape index (κ3) is 3.57. The third-order valence-electron chi connectivity index (χ3n) is 5.96. The van der Waals surface area contributed by atoms with Crippen molar-refractivity contribution in [1.29, 1.82) is 0 Å². The summed E-state index contributed by atoms with van der Waals surface area (Å²) in [5.74, 6) is 1.14. The molecule has 1 aromatic heterocycles. The molecular formula is C26H23N5O2. The summed E-state index contributed by atoms with van der Waals surface area (Å²) in [6.07, 6.45) is -1.97. The van der Waals surface area contributed by atoms with Crippen molar-refractivity contribution in [3.8, 4) is 5.69 Å². The van der Waals surface area contributed by atoms with Crippen LogP contribution in [0.1, 0.15) is 47.5 Å². The Morgan fingerprint density at radius 2 is 1.58 bits per heavy atom. The summed E-state index contributed by atoms with van der Waals surface area (Å²) < 4.78 is 1.91. The summed E-state index contributed by atoms with van der Waals surface area (Å²) in [6, 6.07) is 26.8. The number of benzene rings is 3. The van der Waals surface area contributed by atoms with Crippen LogP contribution in [0.25, 0.3) is 5.69 Å². The van der Waals surface area contributed by atoms with E-state index in [1.54, 1.807) is 0 Å². The van der Waals surface area contributed by atoms with Gasteiger partial charge in [-0.25, -0.2) is 4.79 Å². The Hall–Kier alpha value is -4.26. The van der Waals surface area contributed by atoms with Crippen LogP contribution in [0, 0.1) is 6.92 Å². The maximum absolute atomic E-state index is 12.7. The molecule has 3 aromatic carbocycles. The fraction of sp³-hybridized carbons (Fsp3) is 0.154. The average Bonchev–Trinajstić information content (AvgIpc) is 3.16. The fourth-order valence-corrected chi connectivity index (χ4v) is 4.35. The Labute approximate surface area is 191 Å². The summed E-state index contributed by atoms with van der Waals surface area (Å²) in [7, 11) is 0. The van der Waals surface area contributed by atoms with Crippen molar-refractivity contribution in [2.24, 2.45) is 4.99 Å². The zero-order valence-electron chi connectivity index (χ0n) is 18.3. The van der Waals surface area contributed by atoms with E-state index >= 15 is 0 Å². The summed E-state index contributed by atoms with van der Waals surface area (Å²) >= 11 is 0. The molecule has 0 bridgehead atoms. The van der Waals surface area contributed by atoms with Crippen molar-refractivity contribution in [1.82, 2.24) is 19.7 Å². The zero-order chi connectivity index (χ0) is 22.9. The van der Waals surface area contributed by atoms with Crippen LogP contribution in [-0.2, 0) is 0 Å². The second-order valence-electron chi connectivity index (χ2n) is 7.95. The SMILES string of the molecule is Cc1nnc2n1-c1ccccc1C(c1ccccc1)=N[C@H]2N(C(=O)O)C(C)c1ccccc1. The van der Waals surface area contributed by atoms with Crippen LogP contribution in [0.4, 0.5) is 4.79 Å². The molecule has 2 heterocycles. The van der Waals surface area contributed by atoms with Crippen LogP contribution < -0.4 is 0 Å². The lowest BCUT2D eigenvalue weighted by molar-refractivity contribution is 0.101. The van der Waals surface area contributed by atoms with E-state index in [0.717, 1.165) is 22.4 Å². The molecule has 0 fully saturated rings. The molecule has 5 rings (SSSR count). The summed E-state index contributed by atoms with van der Waals surface area (Å²) in [4.78, 5) is 19.1. The van der Waals surface area contributed by atoms with Gasteiger partial charge in [0, 0.05) is 11.1 Å². The molecule has 2 atom stereocenters. The molecular weight excluding hydrogens is 414 g/mol. The van der Waals surface area contributed by atoms with Gasteiger partial charge in [-0.15, -0.1) is 10.2 Å². The first kappa shape index (κ1) is 20.6. The molecule has 7 nitrogen and oxygen atoms in total. The smallest absolute Gasteiger partial charge is 0.409 e. The predicted octanol–water partition coefficient (Wildman–Crippen LogP) is 5.17. The maximum atomic E-state index is 12.7. The van der Waals surface area contributed by atoms with E-state index in [9.17, 15) is 9.90 Å². The predicted molar refractivity (Wildman–Crippen MR) is 126 cm³/mol. The Kier molecular flexibility index (Phi) is 5.22. The summed E-state index contributed by atoms with van der Waals surface area (Å²) in [5, 5.41) is 19.0. The number of rotatable bonds is 4. The van der Waals surface area contributed by atoms with Gasteiger partial charge < -0.3 is 5.11 Å². The molecule has 164 valence electrons. The van der Waals surface area contributed by atoms with E-state index < -0.39 is 18.3 Å². The number of aliphatic imine (C=N–C) groups is 1. The number of nitrogens with zero attached hydrogens (tertiary/aromatic N) is 5. The standard InChI is InChI=1S/C26H23N5O2/c1-17(19-11-5-3-6-12-19)30(26(32)33)24-25-29-28-18(2)31(25)22-16-10-9-15-21(22)23(27-24)20-13-7-4-8-14-20/h3-17,24H,1-2H3,(H,32,33)/t17?,24-/m0/s1. The molecule has 0 spiro atoms. The first-order valence-electron chi connectivity index (χ1n) is 10.8. The number of fused-ring (bicyclic) bond motifs is 3. The van der Waals surface area contributed by atoms with Gasteiger partial charge in [0.05, 0.1) is 17.4 Å². The van der Waals surface area contributed by atoms with Crippen LogP contribution in [-0.4, -0.2) is 36.6 Å².